The van der Waals surface area contributed by atoms with Crippen LogP contribution in [-0.2, 0) is 19.4 Å². The zero-order valence-electron chi connectivity index (χ0n) is 12.7. The monoisotopic (exact) mass is 298 g/mol. The predicted octanol–water partition coefficient (Wildman–Crippen LogP) is 2.82. The van der Waals surface area contributed by atoms with Crippen molar-refractivity contribution in [2.45, 2.75) is 33.2 Å². The Morgan fingerprint density at radius 2 is 2.18 bits per heavy atom. The van der Waals surface area contributed by atoms with Crippen molar-refractivity contribution in [1.82, 2.24) is 9.97 Å². The third kappa shape index (κ3) is 2.64. The molecule has 1 aromatic heterocycles. The van der Waals surface area contributed by atoms with E-state index in [-0.39, 0.29) is 10.6 Å². The molecule has 0 saturated heterocycles. The molecule has 1 aromatic carbocycles. The summed E-state index contributed by atoms with van der Waals surface area (Å²) in [5, 5.41) is 11.1. The molecule has 0 spiro atoms. The van der Waals surface area contributed by atoms with Crippen LogP contribution in [0.1, 0.15) is 29.6 Å². The second-order valence-electron chi connectivity index (χ2n) is 5.46. The molecule has 0 fully saturated rings. The largest absolute Gasteiger partial charge is 0.352 e. The van der Waals surface area contributed by atoms with E-state index in [1.54, 1.807) is 12.1 Å². The van der Waals surface area contributed by atoms with Gasteiger partial charge < -0.3 is 4.90 Å². The fourth-order valence-electron chi connectivity index (χ4n) is 2.91. The highest BCUT2D eigenvalue weighted by Crippen LogP contribution is 2.29. The molecular formula is C16H18N4O2. The summed E-state index contributed by atoms with van der Waals surface area (Å²) in [6.07, 6.45) is 1.53. The van der Waals surface area contributed by atoms with Gasteiger partial charge in [0.1, 0.15) is 11.6 Å². The zero-order valence-corrected chi connectivity index (χ0v) is 12.7. The van der Waals surface area contributed by atoms with Crippen molar-refractivity contribution in [3.8, 4) is 0 Å². The number of nitrogens with zero attached hydrogens (tertiary/aromatic N) is 4. The van der Waals surface area contributed by atoms with Crippen LogP contribution < -0.4 is 4.90 Å². The number of benzene rings is 1. The van der Waals surface area contributed by atoms with Gasteiger partial charge in [-0.3, -0.25) is 10.1 Å². The molecule has 1 aliphatic heterocycles. The van der Waals surface area contributed by atoms with Crippen LogP contribution in [0.25, 0.3) is 0 Å². The smallest absolute Gasteiger partial charge is 0.272 e. The van der Waals surface area contributed by atoms with Crippen molar-refractivity contribution in [2.24, 2.45) is 0 Å². The van der Waals surface area contributed by atoms with Crippen LogP contribution in [0.15, 0.2) is 24.3 Å². The second-order valence-corrected chi connectivity index (χ2v) is 5.46. The maximum Gasteiger partial charge on any atom is 0.272 e. The van der Waals surface area contributed by atoms with Gasteiger partial charge in [-0.1, -0.05) is 19.1 Å². The molecule has 2 heterocycles. The Bertz CT molecular complexity index is 730. The number of hydrogen-bond donors (Lipinski definition) is 0. The minimum atomic E-state index is -0.293. The maximum absolute atomic E-state index is 11.1. The Hall–Kier alpha value is -2.50. The normalized spacial score (nSPS) is 13.8. The van der Waals surface area contributed by atoms with E-state index in [9.17, 15) is 10.1 Å². The molecule has 22 heavy (non-hydrogen) atoms. The predicted molar refractivity (Wildman–Crippen MR) is 84.0 cm³/mol. The lowest BCUT2D eigenvalue weighted by atomic mass is 9.98. The van der Waals surface area contributed by atoms with Crippen molar-refractivity contribution >= 4 is 11.5 Å². The minimum absolute atomic E-state index is 0.227. The third-order valence-electron chi connectivity index (χ3n) is 4.00. The van der Waals surface area contributed by atoms with Crippen molar-refractivity contribution < 1.29 is 4.92 Å². The number of anilines is 1. The summed E-state index contributed by atoms with van der Waals surface area (Å²) in [7, 11) is 0. The number of aryl methyl sites for hydroxylation is 2. The molecule has 0 amide bonds. The molecule has 0 saturated carbocycles. The number of rotatable bonds is 3. The maximum atomic E-state index is 11.1. The SMILES string of the molecule is CCc1cc(N2CCc3c(cccc3[N+](=O)[O-])C2)nc(C)n1. The number of hydrogen-bond acceptors (Lipinski definition) is 5. The summed E-state index contributed by atoms with van der Waals surface area (Å²) in [5.41, 5.74) is 3.11. The van der Waals surface area contributed by atoms with E-state index >= 15 is 0 Å². The lowest BCUT2D eigenvalue weighted by Gasteiger charge is -2.29. The molecule has 114 valence electrons. The van der Waals surface area contributed by atoms with Crippen LogP contribution >= 0.6 is 0 Å². The lowest BCUT2D eigenvalue weighted by molar-refractivity contribution is -0.385. The highest BCUT2D eigenvalue weighted by atomic mass is 16.6. The van der Waals surface area contributed by atoms with Crippen molar-refractivity contribution in [1.29, 1.82) is 0 Å². The van der Waals surface area contributed by atoms with Crippen molar-refractivity contribution in [3.05, 3.63) is 57.0 Å². The zero-order chi connectivity index (χ0) is 15.7. The van der Waals surface area contributed by atoms with Crippen LogP contribution in [0.5, 0.6) is 0 Å². The third-order valence-corrected chi connectivity index (χ3v) is 4.00. The Labute approximate surface area is 129 Å². The van der Waals surface area contributed by atoms with Gasteiger partial charge in [0, 0.05) is 36.5 Å². The first-order chi connectivity index (χ1) is 10.6. The molecule has 3 rings (SSSR count). The molecule has 0 unspecified atom stereocenters. The number of nitro groups is 1. The van der Waals surface area contributed by atoms with Gasteiger partial charge in [0.25, 0.3) is 5.69 Å². The van der Waals surface area contributed by atoms with E-state index in [2.05, 4.69) is 21.8 Å². The van der Waals surface area contributed by atoms with E-state index < -0.39 is 0 Å². The quantitative estimate of drug-likeness (QED) is 0.643. The van der Waals surface area contributed by atoms with Gasteiger partial charge in [-0.2, -0.15) is 0 Å². The number of nitro benzene ring substituents is 1. The topological polar surface area (TPSA) is 72.2 Å². The van der Waals surface area contributed by atoms with E-state index in [1.165, 1.54) is 0 Å². The molecule has 0 radical (unpaired) electrons. The van der Waals surface area contributed by atoms with Crippen LogP contribution in [0, 0.1) is 17.0 Å². The highest BCUT2D eigenvalue weighted by Gasteiger charge is 2.24. The van der Waals surface area contributed by atoms with Gasteiger partial charge >= 0.3 is 0 Å². The van der Waals surface area contributed by atoms with Gasteiger partial charge in [-0.15, -0.1) is 0 Å². The summed E-state index contributed by atoms with van der Waals surface area (Å²) in [4.78, 5) is 21.9. The fraction of sp³-hybridized carbons (Fsp3) is 0.375. The fourth-order valence-corrected chi connectivity index (χ4v) is 2.91. The lowest BCUT2D eigenvalue weighted by Crippen LogP contribution is -2.31. The summed E-state index contributed by atoms with van der Waals surface area (Å²) in [5.74, 6) is 1.67. The van der Waals surface area contributed by atoms with E-state index in [0.717, 1.165) is 41.4 Å². The standard InChI is InChI=1S/C16H18N4O2/c1-3-13-9-16(18-11(2)17-13)19-8-7-14-12(10-19)5-4-6-15(14)20(21)22/h4-6,9H,3,7-8,10H2,1-2H3. The Morgan fingerprint density at radius 1 is 1.36 bits per heavy atom. The second kappa shape index (κ2) is 5.71. The van der Waals surface area contributed by atoms with Crippen LogP contribution in [0.4, 0.5) is 11.5 Å². The number of fused-ring (bicyclic) bond motifs is 1. The minimum Gasteiger partial charge on any atom is -0.352 e. The van der Waals surface area contributed by atoms with Gasteiger partial charge in [-0.25, -0.2) is 9.97 Å². The van der Waals surface area contributed by atoms with Crippen LogP contribution in [0.2, 0.25) is 0 Å². The van der Waals surface area contributed by atoms with Gasteiger partial charge in [0.05, 0.1) is 4.92 Å². The summed E-state index contributed by atoms with van der Waals surface area (Å²) in [6, 6.07) is 7.31. The highest BCUT2D eigenvalue weighted by molar-refractivity contribution is 5.51. The van der Waals surface area contributed by atoms with Gasteiger partial charge in [-0.05, 0) is 25.3 Å². The average Bonchev–Trinajstić information content (AvgIpc) is 2.52. The summed E-state index contributed by atoms with van der Waals surface area (Å²) < 4.78 is 0. The Kier molecular flexibility index (Phi) is 3.75. The number of aromatic nitrogens is 2. The van der Waals surface area contributed by atoms with E-state index in [4.69, 9.17) is 0 Å². The van der Waals surface area contributed by atoms with E-state index in [1.807, 2.05) is 19.1 Å². The summed E-state index contributed by atoms with van der Waals surface area (Å²) >= 11 is 0. The van der Waals surface area contributed by atoms with Crippen molar-refractivity contribution in [2.75, 3.05) is 11.4 Å². The first-order valence-corrected chi connectivity index (χ1v) is 7.43. The van der Waals surface area contributed by atoms with Gasteiger partial charge in [0.2, 0.25) is 0 Å². The first-order valence-electron chi connectivity index (χ1n) is 7.43. The Balaban J connectivity index is 1.93. The molecule has 2 aromatic rings. The van der Waals surface area contributed by atoms with E-state index in [0.29, 0.717) is 13.0 Å². The van der Waals surface area contributed by atoms with Crippen LogP contribution in [0.3, 0.4) is 0 Å². The molecule has 0 N–H and O–H groups in total. The molecular weight excluding hydrogens is 280 g/mol. The average molecular weight is 298 g/mol. The van der Waals surface area contributed by atoms with Gasteiger partial charge in [0.15, 0.2) is 0 Å². The molecule has 1 aliphatic rings. The Morgan fingerprint density at radius 3 is 2.91 bits per heavy atom. The van der Waals surface area contributed by atoms with Crippen LogP contribution in [-0.4, -0.2) is 21.4 Å². The molecule has 6 nitrogen and oxygen atoms in total. The molecule has 6 heteroatoms. The molecule has 0 bridgehead atoms. The first kappa shape index (κ1) is 14.4. The molecule has 0 atom stereocenters. The van der Waals surface area contributed by atoms with Crippen molar-refractivity contribution in [3.63, 3.8) is 0 Å². The summed E-state index contributed by atoms with van der Waals surface area (Å²) in [6.45, 7) is 5.35. The molecule has 0 aliphatic carbocycles.